The smallest absolute Gasteiger partial charge is 0.413 e. The molecular weight excluding hydrogens is 366 g/mol. The normalized spacial score (nSPS) is 25.9. The van der Waals surface area contributed by atoms with Gasteiger partial charge in [-0.3, -0.25) is 5.32 Å². The Morgan fingerprint density at radius 2 is 1.81 bits per heavy atom. The molecule has 3 aliphatic carbocycles. The predicted octanol–water partition coefficient (Wildman–Crippen LogP) is 4.95. The Labute approximate surface area is 154 Å². The third-order valence-electron chi connectivity index (χ3n) is 5.98. The van der Waals surface area contributed by atoms with Crippen LogP contribution in [0.25, 0.3) is 0 Å². The number of amides is 1. The highest BCUT2D eigenvalue weighted by Gasteiger charge is 2.56. The summed E-state index contributed by atoms with van der Waals surface area (Å²) >= 11 is 0. The van der Waals surface area contributed by atoms with E-state index in [0.717, 1.165) is 19.3 Å². The monoisotopic (exact) mass is 389 g/mol. The zero-order valence-electron chi connectivity index (χ0n) is 15.3. The van der Waals surface area contributed by atoms with Crippen molar-refractivity contribution in [1.29, 1.82) is 0 Å². The van der Waals surface area contributed by atoms with Crippen molar-refractivity contribution in [3.63, 3.8) is 0 Å². The molecule has 9 heteroatoms. The maximum absolute atomic E-state index is 13.5. The number of hydrogen-bond donors (Lipinski definition) is 1. The molecule has 1 amide bonds. The van der Waals surface area contributed by atoms with E-state index in [0.29, 0.717) is 17.1 Å². The Morgan fingerprint density at radius 3 is 2.30 bits per heavy atom. The summed E-state index contributed by atoms with van der Waals surface area (Å²) in [6.07, 6.45) is -0.280. The van der Waals surface area contributed by atoms with Crippen LogP contribution in [0.1, 0.15) is 69.2 Å². The number of nitrogens with zero attached hydrogens (tertiary/aromatic N) is 2. The van der Waals surface area contributed by atoms with Gasteiger partial charge in [-0.1, -0.05) is 6.92 Å². The molecule has 0 aliphatic heterocycles. The Hall–Kier alpha value is -1.80. The van der Waals surface area contributed by atoms with Crippen molar-refractivity contribution in [2.75, 3.05) is 5.32 Å². The average Bonchev–Trinajstić information content (AvgIpc) is 2.71. The summed E-state index contributed by atoms with van der Waals surface area (Å²) in [7, 11) is 0. The lowest BCUT2D eigenvalue weighted by atomic mass is 9.65. The first-order chi connectivity index (χ1) is 12.5. The lowest BCUT2D eigenvalue weighted by molar-refractivity contribution is -0.143. The third kappa shape index (κ3) is 3.29. The number of carbonyl (C=O) groups is 1. The molecule has 0 bridgehead atoms. The third-order valence-corrected chi connectivity index (χ3v) is 5.98. The fourth-order valence-corrected chi connectivity index (χ4v) is 4.36. The van der Waals surface area contributed by atoms with E-state index >= 15 is 0 Å². The Morgan fingerprint density at radius 1 is 1.19 bits per heavy atom. The van der Waals surface area contributed by atoms with Gasteiger partial charge in [-0.25, -0.2) is 27.0 Å². The maximum atomic E-state index is 13.5. The van der Waals surface area contributed by atoms with Gasteiger partial charge in [0.1, 0.15) is 11.9 Å². The van der Waals surface area contributed by atoms with Crippen LogP contribution in [0, 0.1) is 6.92 Å². The molecule has 4 rings (SSSR count). The molecule has 5 nitrogen and oxygen atoms in total. The van der Waals surface area contributed by atoms with Crippen molar-refractivity contribution in [1.82, 2.24) is 9.78 Å². The van der Waals surface area contributed by atoms with E-state index in [4.69, 9.17) is 4.74 Å². The van der Waals surface area contributed by atoms with Crippen LogP contribution >= 0.6 is 0 Å². The number of hydrogen-bond acceptors (Lipinski definition) is 3. The van der Waals surface area contributed by atoms with E-state index in [1.54, 1.807) is 18.5 Å². The molecule has 0 saturated heterocycles. The molecule has 0 aromatic carbocycles. The molecule has 1 N–H and O–H groups in total. The first-order valence-electron chi connectivity index (χ1n) is 9.31. The number of anilines is 1. The largest absolute Gasteiger partial charge is 0.445 e. The molecule has 3 aliphatic rings. The van der Waals surface area contributed by atoms with Crippen molar-refractivity contribution < 1.29 is 27.1 Å². The van der Waals surface area contributed by atoms with Gasteiger partial charge in [0.15, 0.2) is 0 Å². The van der Waals surface area contributed by atoms with Crippen molar-refractivity contribution in [2.24, 2.45) is 0 Å². The highest BCUT2D eigenvalue weighted by Crippen LogP contribution is 2.54. The predicted molar refractivity (Wildman–Crippen MR) is 89.5 cm³/mol. The van der Waals surface area contributed by atoms with Crippen LogP contribution in [0.3, 0.4) is 0 Å². The zero-order chi connectivity index (χ0) is 19.6. The SMILES string of the molecule is Cc1c(C2(C)CC(F)(F)C2)nn(C2CCC2)c1NC(=O)OC1CC(F)(F)C1. The molecule has 27 heavy (non-hydrogen) atoms. The lowest BCUT2D eigenvalue weighted by Crippen LogP contribution is -2.47. The van der Waals surface area contributed by atoms with Gasteiger partial charge in [-0.15, -0.1) is 0 Å². The van der Waals surface area contributed by atoms with Crippen molar-refractivity contribution in [2.45, 2.75) is 88.2 Å². The minimum atomic E-state index is -2.77. The molecule has 0 spiro atoms. The molecule has 3 fully saturated rings. The Kier molecular flexibility index (Phi) is 4.02. The van der Waals surface area contributed by atoms with E-state index in [2.05, 4.69) is 10.4 Å². The van der Waals surface area contributed by atoms with Gasteiger partial charge in [0.25, 0.3) is 5.92 Å². The first kappa shape index (κ1) is 18.6. The standard InChI is InChI=1S/C18H23F4N3O2/c1-10-13(16(2)8-18(21,22)9-16)24-25(11-4-3-5-11)14(10)23-15(26)27-12-6-17(19,20)7-12/h11-12H,3-9H2,1-2H3,(H,23,26). The zero-order valence-corrected chi connectivity index (χ0v) is 15.3. The Bertz CT molecular complexity index is 757. The van der Waals surface area contributed by atoms with Crippen molar-refractivity contribution >= 4 is 11.9 Å². The van der Waals surface area contributed by atoms with Gasteiger partial charge in [0.2, 0.25) is 5.92 Å². The van der Waals surface area contributed by atoms with E-state index in [1.165, 1.54) is 0 Å². The topological polar surface area (TPSA) is 56.2 Å². The molecule has 0 atom stereocenters. The molecule has 0 radical (unpaired) electrons. The second kappa shape index (κ2) is 5.85. The average molecular weight is 389 g/mol. The molecule has 1 aromatic heterocycles. The number of rotatable bonds is 4. The van der Waals surface area contributed by atoms with E-state index in [1.807, 2.05) is 0 Å². The maximum Gasteiger partial charge on any atom is 0.413 e. The summed E-state index contributed by atoms with van der Waals surface area (Å²) in [6.45, 7) is 3.50. The highest BCUT2D eigenvalue weighted by atomic mass is 19.3. The van der Waals surface area contributed by atoms with Crippen LogP contribution in [-0.4, -0.2) is 33.8 Å². The summed E-state index contributed by atoms with van der Waals surface area (Å²) in [4.78, 5) is 12.2. The minimum absolute atomic E-state index is 0.102. The molecule has 150 valence electrons. The highest BCUT2D eigenvalue weighted by molar-refractivity contribution is 5.85. The lowest BCUT2D eigenvalue weighted by Gasteiger charge is -2.44. The molecule has 1 heterocycles. The number of halogens is 4. The van der Waals surface area contributed by atoms with Crippen molar-refractivity contribution in [3.8, 4) is 0 Å². The number of alkyl halides is 4. The van der Waals surface area contributed by atoms with Gasteiger partial charge >= 0.3 is 6.09 Å². The number of ether oxygens (including phenoxy) is 1. The van der Waals surface area contributed by atoms with Crippen LogP contribution < -0.4 is 5.32 Å². The quantitative estimate of drug-likeness (QED) is 0.742. The Balaban J connectivity index is 1.53. The van der Waals surface area contributed by atoms with Crippen LogP contribution in [0.5, 0.6) is 0 Å². The van der Waals surface area contributed by atoms with Gasteiger partial charge in [-0.2, -0.15) is 5.10 Å². The summed E-state index contributed by atoms with van der Waals surface area (Å²) in [5.74, 6) is -5.04. The summed E-state index contributed by atoms with van der Waals surface area (Å²) in [5, 5.41) is 7.20. The molecule has 0 unspecified atom stereocenters. The van der Waals surface area contributed by atoms with E-state index in [-0.39, 0.29) is 18.9 Å². The fourth-order valence-electron chi connectivity index (χ4n) is 4.36. The summed E-state index contributed by atoms with van der Waals surface area (Å²) < 4.78 is 59.5. The molecule has 1 aromatic rings. The van der Waals surface area contributed by atoms with Gasteiger partial charge in [0, 0.05) is 36.7 Å². The van der Waals surface area contributed by atoms with Crippen LogP contribution in [0.2, 0.25) is 0 Å². The van der Waals surface area contributed by atoms with Crippen LogP contribution in [0.15, 0.2) is 0 Å². The van der Waals surface area contributed by atoms with E-state index in [9.17, 15) is 22.4 Å². The summed E-state index contributed by atoms with van der Waals surface area (Å²) in [6, 6.07) is 0.102. The van der Waals surface area contributed by atoms with Crippen LogP contribution in [-0.2, 0) is 10.2 Å². The second-order valence-corrected chi connectivity index (χ2v) is 8.54. The van der Waals surface area contributed by atoms with Crippen LogP contribution in [0.4, 0.5) is 28.2 Å². The molecule has 3 saturated carbocycles. The fraction of sp³-hybridized carbons (Fsp3) is 0.778. The number of carbonyl (C=O) groups excluding carboxylic acids is 1. The number of nitrogens with one attached hydrogen (secondary N) is 1. The first-order valence-corrected chi connectivity index (χ1v) is 9.31. The van der Waals surface area contributed by atoms with E-state index < -0.39 is 42.3 Å². The van der Waals surface area contributed by atoms with Gasteiger partial charge in [0.05, 0.1) is 11.7 Å². The summed E-state index contributed by atoms with van der Waals surface area (Å²) in [5.41, 5.74) is 0.459. The molecular formula is C18H23F4N3O2. The number of aromatic nitrogens is 2. The minimum Gasteiger partial charge on any atom is -0.445 e. The second-order valence-electron chi connectivity index (χ2n) is 8.54. The van der Waals surface area contributed by atoms with Gasteiger partial charge in [-0.05, 0) is 26.2 Å². The van der Waals surface area contributed by atoms with Gasteiger partial charge < -0.3 is 4.74 Å². The van der Waals surface area contributed by atoms with Crippen molar-refractivity contribution in [3.05, 3.63) is 11.3 Å².